The van der Waals surface area contributed by atoms with Gasteiger partial charge in [-0.15, -0.1) is 0 Å². The van der Waals surface area contributed by atoms with E-state index in [1.165, 1.54) is 18.2 Å². The minimum Gasteiger partial charge on any atom is -0.462 e. The third-order valence-corrected chi connectivity index (χ3v) is 5.25. The molecule has 0 bridgehead atoms. The van der Waals surface area contributed by atoms with Crippen LogP contribution in [0.15, 0.2) is 30.3 Å². The first-order valence-corrected chi connectivity index (χ1v) is 10.1. The van der Waals surface area contributed by atoms with Gasteiger partial charge in [-0.05, 0) is 42.8 Å². The van der Waals surface area contributed by atoms with Gasteiger partial charge in [0.2, 0.25) is 0 Å². The van der Waals surface area contributed by atoms with E-state index < -0.39 is 45.5 Å². The van der Waals surface area contributed by atoms with Gasteiger partial charge in [-0.25, -0.2) is 9.18 Å². The van der Waals surface area contributed by atoms with Gasteiger partial charge in [-0.3, -0.25) is 4.79 Å². The van der Waals surface area contributed by atoms with Crippen LogP contribution >= 0.6 is 34.8 Å². The number of ether oxygens (including phenoxy) is 1. The predicted molar refractivity (Wildman–Crippen MR) is 112 cm³/mol. The third-order valence-electron chi connectivity index (χ3n) is 4.39. The maximum Gasteiger partial charge on any atom is 0.412 e. The number of H-pyrrole nitrogens is 1. The molecule has 1 amide bonds. The number of nitrogens with one attached hydrogen (secondary N) is 2. The smallest absolute Gasteiger partial charge is 0.412 e. The summed E-state index contributed by atoms with van der Waals surface area (Å²) in [5.41, 5.74) is -0.433. The zero-order valence-corrected chi connectivity index (χ0v) is 18.3. The molecule has 0 saturated carbocycles. The Hall–Kier alpha value is -2.49. The molecule has 0 spiro atoms. The van der Waals surface area contributed by atoms with Crippen LogP contribution in [0.4, 0.5) is 17.6 Å². The predicted octanol–water partition coefficient (Wildman–Crippen LogP) is 6.48. The molecule has 0 aliphatic carbocycles. The van der Waals surface area contributed by atoms with Gasteiger partial charge in [0.1, 0.15) is 5.69 Å². The zero-order chi connectivity index (χ0) is 23.8. The average Bonchev–Trinajstić information content (AvgIpc) is 3.11. The van der Waals surface area contributed by atoms with Gasteiger partial charge in [-0.1, -0.05) is 34.8 Å². The highest BCUT2D eigenvalue weighted by Crippen LogP contribution is 2.37. The van der Waals surface area contributed by atoms with Crippen molar-refractivity contribution in [2.24, 2.45) is 0 Å². The Balaban J connectivity index is 1.95. The number of esters is 1. The van der Waals surface area contributed by atoms with Gasteiger partial charge in [0.15, 0.2) is 11.9 Å². The molecular weight excluding hydrogens is 499 g/mol. The van der Waals surface area contributed by atoms with Crippen LogP contribution < -0.4 is 5.32 Å². The van der Waals surface area contributed by atoms with E-state index in [0.717, 1.165) is 12.1 Å². The molecule has 0 fully saturated rings. The van der Waals surface area contributed by atoms with Crippen molar-refractivity contribution in [3.05, 3.63) is 68.0 Å². The highest BCUT2D eigenvalue weighted by atomic mass is 35.5. The van der Waals surface area contributed by atoms with E-state index in [1.807, 2.05) is 5.32 Å². The number of amides is 1. The Morgan fingerprint density at radius 1 is 1.06 bits per heavy atom. The monoisotopic (exact) mass is 510 g/mol. The normalized spacial score (nSPS) is 12.6. The Bertz CT molecular complexity index is 1190. The first kappa shape index (κ1) is 24.2. The van der Waals surface area contributed by atoms with E-state index in [2.05, 4.69) is 4.98 Å². The maximum atomic E-state index is 13.6. The molecule has 3 aromatic rings. The lowest BCUT2D eigenvalue weighted by Crippen LogP contribution is -2.38. The van der Waals surface area contributed by atoms with Crippen molar-refractivity contribution in [2.45, 2.75) is 19.1 Å². The number of carbonyl (C=O) groups excluding carboxylic acids is 2. The highest BCUT2D eigenvalue weighted by Gasteiger charge is 2.42. The summed E-state index contributed by atoms with van der Waals surface area (Å²) in [7, 11) is 0. The number of aromatic amines is 1. The maximum absolute atomic E-state index is 13.6. The lowest BCUT2D eigenvalue weighted by Gasteiger charge is -2.22. The van der Waals surface area contributed by atoms with Crippen LogP contribution in [0.1, 0.15) is 39.4 Å². The number of rotatable bonds is 5. The summed E-state index contributed by atoms with van der Waals surface area (Å²) >= 11 is 17.3. The van der Waals surface area contributed by atoms with Gasteiger partial charge in [0.05, 0.1) is 27.2 Å². The molecule has 5 nitrogen and oxygen atoms in total. The van der Waals surface area contributed by atoms with Crippen LogP contribution in [0.5, 0.6) is 0 Å². The molecule has 2 N–H and O–H groups in total. The van der Waals surface area contributed by atoms with Crippen molar-refractivity contribution in [1.82, 2.24) is 10.3 Å². The second-order valence-corrected chi connectivity index (χ2v) is 7.79. The summed E-state index contributed by atoms with van der Waals surface area (Å²) in [5.74, 6) is -2.88. The van der Waals surface area contributed by atoms with Crippen LogP contribution in [0.3, 0.4) is 0 Å². The summed E-state index contributed by atoms with van der Waals surface area (Å²) < 4.78 is 59.4. The SMILES string of the molecule is CCOC(=O)c1cc2cc(C(=O)NC(c3cc(Cl)c(F)c(Cl)c3)C(F)(F)F)[nH]c2cc1Cl. The van der Waals surface area contributed by atoms with Gasteiger partial charge in [0, 0.05) is 10.9 Å². The Morgan fingerprint density at radius 2 is 1.69 bits per heavy atom. The first-order chi connectivity index (χ1) is 14.9. The van der Waals surface area contributed by atoms with Crippen LogP contribution in [0.2, 0.25) is 15.1 Å². The standard InChI is InChI=1S/C20H13Cl3F4N2O3/c1-2-32-19(31)10-3-8-6-15(28-14(8)7-11(10)21)18(30)29-17(20(25,26)27)9-4-12(22)16(24)13(23)5-9/h3-7,17,28H,2H2,1H3,(H,29,30). The largest absolute Gasteiger partial charge is 0.462 e. The van der Waals surface area contributed by atoms with Crippen molar-refractivity contribution in [3.8, 4) is 0 Å². The van der Waals surface area contributed by atoms with Crippen LogP contribution in [0.25, 0.3) is 10.9 Å². The summed E-state index contributed by atoms with van der Waals surface area (Å²) in [5, 5.41) is 0.974. The topological polar surface area (TPSA) is 71.2 Å². The summed E-state index contributed by atoms with van der Waals surface area (Å²) in [6.45, 7) is 1.73. The summed E-state index contributed by atoms with van der Waals surface area (Å²) in [6, 6.07) is 2.90. The Kier molecular flexibility index (Phi) is 6.92. The fraction of sp³-hybridized carbons (Fsp3) is 0.200. The van der Waals surface area contributed by atoms with Crippen molar-refractivity contribution >= 4 is 57.6 Å². The molecule has 12 heteroatoms. The molecule has 1 atom stereocenters. The van der Waals surface area contributed by atoms with E-state index in [0.29, 0.717) is 10.9 Å². The number of hydrogen-bond donors (Lipinski definition) is 2. The summed E-state index contributed by atoms with van der Waals surface area (Å²) in [4.78, 5) is 27.2. The number of halogens is 7. The minimum absolute atomic E-state index is 0.0357. The van der Waals surface area contributed by atoms with Crippen molar-refractivity contribution in [1.29, 1.82) is 0 Å². The van der Waals surface area contributed by atoms with E-state index in [9.17, 15) is 27.2 Å². The number of benzene rings is 2. The van der Waals surface area contributed by atoms with E-state index in [1.54, 1.807) is 6.92 Å². The van der Waals surface area contributed by atoms with E-state index >= 15 is 0 Å². The van der Waals surface area contributed by atoms with Gasteiger partial charge in [0.25, 0.3) is 5.91 Å². The molecule has 0 saturated heterocycles. The molecule has 32 heavy (non-hydrogen) atoms. The lowest BCUT2D eigenvalue weighted by molar-refractivity contribution is -0.155. The van der Waals surface area contributed by atoms with Crippen LogP contribution in [-0.2, 0) is 4.74 Å². The molecule has 2 aromatic carbocycles. The molecule has 170 valence electrons. The van der Waals surface area contributed by atoms with Gasteiger partial charge >= 0.3 is 12.1 Å². The minimum atomic E-state index is -4.94. The number of carbonyl (C=O) groups is 2. The molecule has 0 aliphatic heterocycles. The Labute approximate surface area is 193 Å². The van der Waals surface area contributed by atoms with E-state index in [-0.39, 0.29) is 22.9 Å². The van der Waals surface area contributed by atoms with Crippen LogP contribution in [-0.4, -0.2) is 29.6 Å². The van der Waals surface area contributed by atoms with Gasteiger partial charge < -0.3 is 15.0 Å². The van der Waals surface area contributed by atoms with E-state index in [4.69, 9.17) is 39.5 Å². The number of alkyl halides is 3. The third kappa shape index (κ3) is 4.95. The molecular formula is C20H13Cl3F4N2O3. The second-order valence-electron chi connectivity index (χ2n) is 6.57. The van der Waals surface area contributed by atoms with Crippen molar-refractivity contribution in [3.63, 3.8) is 0 Å². The number of aromatic nitrogens is 1. The van der Waals surface area contributed by atoms with Gasteiger partial charge in [-0.2, -0.15) is 13.2 Å². The highest BCUT2D eigenvalue weighted by molar-refractivity contribution is 6.35. The average molecular weight is 512 g/mol. The fourth-order valence-electron chi connectivity index (χ4n) is 2.95. The van der Waals surface area contributed by atoms with Crippen LogP contribution in [0, 0.1) is 5.82 Å². The second kappa shape index (κ2) is 9.17. The Morgan fingerprint density at radius 3 is 2.25 bits per heavy atom. The number of fused-ring (bicyclic) bond motifs is 1. The molecule has 1 heterocycles. The molecule has 3 rings (SSSR count). The quantitative estimate of drug-likeness (QED) is 0.234. The number of hydrogen-bond acceptors (Lipinski definition) is 3. The lowest BCUT2D eigenvalue weighted by atomic mass is 10.1. The first-order valence-electron chi connectivity index (χ1n) is 8.93. The molecule has 0 aliphatic rings. The summed E-state index contributed by atoms with van der Waals surface area (Å²) in [6.07, 6.45) is -4.94. The van der Waals surface area contributed by atoms with Crippen molar-refractivity contribution in [2.75, 3.05) is 6.61 Å². The fourth-order valence-corrected chi connectivity index (χ4v) is 3.69. The molecule has 1 unspecified atom stereocenters. The zero-order valence-electron chi connectivity index (χ0n) is 16.0. The molecule has 0 radical (unpaired) electrons. The van der Waals surface area contributed by atoms with Crippen molar-refractivity contribution < 1.29 is 31.9 Å². The molecule has 1 aromatic heterocycles.